The summed E-state index contributed by atoms with van der Waals surface area (Å²) < 4.78 is 0. The van der Waals surface area contributed by atoms with Crippen molar-refractivity contribution in [2.45, 2.75) is 0 Å². The van der Waals surface area contributed by atoms with Crippen LogP contribution in [-0.4, -0.2) is 10.9 Å². The summed E-state index contributed by atoms with van der Waals surface area (Å²) in [4.78, 5) is 17.4. The van der Waals surface area contributed by atoms with Crippen LogP contribution in [0.1, 0.15) is 5.56 Å². The normalized spacial score (nSPS) is 11.0. The highest BCUT2D eigenvalue weighted by molar-refractivity contribution is 7.16. The number of thiazole rings is 1. The van der Waals surface area contributed by atoms with Gasteiger partial charge in [-0.05, 0) is 35.2 Å². The first kappa shape index (κ1) is 15.0. The maximum absolute atomic E-state index is 11.9. The summed E-state index contributed by atoms with van der Waals surface area (Å²) in [7, 11) is 0. The Balaban J connectivity index is 1.63. The molecule has 0 aliphatic rings. The van der Waals surface area contributed by atoms with Gasteiger partial charge in [0, 0.05) is 16.5 Å². The quantitative estimate of drug-likeness (QED) is 0.661. The van der Waals surface area contributed by atoms with Crippen LogP contribution in [0.4, 0.5) is 5.13 Å². The summed E-state index contributed by atoms with van der Waals surface area (Å²) in [5.41, 5.74) is 1.80. The minimum Gasteiger partial charge on any atom is -0.298 e. The minimum absolute atomic E-state index is 0.206. The summed E-state index contributed by atoms with van der Waals surface area (Å²) in [6, 6.07) is 11.3. The van der Waals surface area contributed by atoms with E-state index in [1.807, 2.05) is 35.0 Å². The number of nitrogens with zero attached hydrogens (tertiary/aromatic N) is 1. The van der Waals surface area contributed by atoms with Crippen molar-refractivity contribution in [3.63, 3.8) is 0 Å². The molecule has 0 aliphatic carbocycles. The number of anilines is 1. The third-order valence-corrected chi connectivity index (χ3v) is 4.71. The van der Waals surface area contributed by atoms with E-state index in [0.717, 1.165) is 16.1 Å². The minimum atomic E-state index is -0.206. The molecule has 6 heteroatoms. The Kier molecular flexibility index (Phi) is 4.68. The lowest BCUT2D eigenvalue weighted by molar-refractivity contribution is -0.111. The second-order valence-corrected chi connectivity index (χ2v) is 6.63. The number of aromatic nitrogens is 1. The van der Waals surface area contributed by atoms with E-state index in [4.69, 9.17) is 11.6 Å². The predicted octanol–water partition coefficient (Wildman–Crippen LogP) is 5.18. The van der Waals surface area contributed by atoms with E-state index >= 15 is 0 Å². The van der Waals surface area contributed by atoms with E-state index < -0.39 is 0 Å². The van der Waals surface area contributed by atoms with Crippen LogP contribution in [0.5, 0.6) is 0 Å². The number of nitrogens with one attached hydrogen (secondary N) is 1. The highest BCUT2D eigenvalue weighted by Crippen LogP contribution is 2.28. The molecule has 1 aromatic carbocycles. The van der Waals surface area contributed by atoms with Crippen molar-refractivity contribution in [1.29, 1.82) is 0 Å². The fraction of sp³-hybridized carbons (Fsp3) is 0. The SMILES string of the molecule is O=C(/C=C/c1ccc(Cl)cc1)Nc1nc(-c2cccs2)cs1. The van der Waals surface area contributed by atoms with Gasteiger partial charge in [0.05, 0.1) is 10.6 Å². The molecule has 0 saturated carbocycles. The molecule has 0 saturated heterocycles. The van der Waals surface area contributed by atoms with Gasteiger partial charge in [-0.25, -0.2) is 4.98 Å². The van der Waals surface area contributed by atoms with Gasteiger partial charge in [0.15, 0.2) is 5.13 Å². The average Bonchev–Trinajstić information content (AvgIpc) is 3.17. The van der Waals surface area contributed by atoms with Crippen LogP contribution < -0.4 is 5.32 Å². The summed E-state index contributed by atoms with van der Waals surface area (Å²) in [6.07, 6.45) is 3.22. The molecular weight excluding hydrogens is 336 g/mol. The molecule has 0 atom stereocenters. The molecule has 1 amide bonds. The number of rotatable bonds is 4. The topological polar surface area (TPSA) is 42.0 Å². The third kappa shape index (κ3) is 3.82. The Morgan fingerprint density at radius 3 is 2.73 bits per heavy atom. The van der Waals surface area contributed by atoms with Crippen LogP contribution in [0.3, 0.4) is 0 Å². The summed E-state index contributed by atoms with van der Waals surface area (Å²) in [5, 5.41) is 7.97. The first-order valence-corrected chi connectivity index (χ1v) is 8.58. The molecule has 110 valence electrons. The zero-order valence-electron chi connectivity index (χ0n) is 11.3. The molecule has 0 spiro atoms. The van der Waals surface area contributed by atoms with Crippen LogP contribution in [0, 0.1) is 0 Å². The number of benzene rings is 1. The zero-order chi connectivity index (χ0) is 15.4. The average molecular weight is 347 g/mol. The number of hydrogen-bond acceptors (Lipinski definition) is 4. The van der Waals surface area contributed by atoms with Gasteiger partial charge < -0.3 is 0 Å². The van der Waals surface area contributed by atoms with Crippen LogP contribution in [0.25, 0.3) is 16.6 Å². The molecule has 3 aromatic rings. The van der Waals surface area contributed by atoms with Gasteiger partial charge in [-0.2, -0.15) is 0 Å². The second kappa shape index (κ2) is 6.87. The number of amides is 1. The van der Waals surface area contributed by atoms with Crippen LogP contribution in [0.2, 0.25) is 5.02 Å². The molecule has 22 heavy (non-hydrogen) atoms. The van der Waals surface area contributed by atoms with Crippen molar-refractivity contribution in [3.05, 3.63) is 63.8 Å². The molecule has 2 aromatic heterocycles. The van der Waals surface area contributed by atoms with Gasteiger partial charge >= 0.3 is 0 Å². The van der Waals surface area contributed by atoms with Gasteiger partial charge in [-0.15, -0.1) is 22.7 Å². The molecule has 0 fully saturated rings. The Labute approximate surface area is 140 Å². The number of carbonyl (C=O) groups is 1. The van der Waals surface area contributed by atoms with E-state index in [1.54, 1.807) is 29.5 Å². The first-order chi connectivity index (χ1) is 10.7. The molecule has 1 N–H and O–H groups in total. The fourth-order valence-electron chi connectivity index (χ4n) is 1.76. The van der Waals surface area contributed by atoms with Gasteiger partial charge in [0.2, 0.25) is 5.91 Å². The molecule has 0 aliphatic heterocycles. The predicted molar refractivity (Wildman–Crippen MR) is 94.5 cm³/mol. The van der Waals surface area contributed by atoms with Gasteiger partial charge in [-0.3, -0.25) is 10.1 Å². The number of halogens is 1. The third-order valence-electron chi connectivity index (χ3n) is 2.81. The zero-order valence-corrected chi connectivity index (χ0v) is 13.7. The number of thiophene rings is 1. The Morgan fingerprint density at radius 1 is 1.18 bits per heavy atom. The van der Waals surface area contributed by atoms with Crippen LogP contribution in [0.15, 0.2) is 53.2 Å². The van der Waals surface area contributed by atoms with E-state index in [1.165, 1.54) is 17.4 Å². The molecular formula is C16H11ClN2OS2. The fourth-order valence-corrected chi connectivity index (χ4v) is 3.36. The number of hydrogen-bond donors (Lipinski definition) is 1. The lowest BCUT2D eigenvalue weighted by Crippen LogP contribution is -2.07. The Bertz CT molecular complexity index is 792. The summed E-state index contributed by atoms with van der Waals surface area (Å²) >= 11 is 8.85. The molecule has 3 nitrogen and oxygen atoms in total. The molecule has 0 radical (unpaired) electrons. The van der Waals surface area contributed by atoms with Crippen molar-refractivity contribution in [1.82, 2.24) is 4.98 Å². The van der Waals surface area contributed by atoms with Crippen molar-refractivity contribution in [2.75, 3.05) is 5.32 Å². The first-order valence-electron chi connectivity index (χ1n) is 6.45. The van der Waals surface area contributed by atoms with E-state index in [-0.39, 0.29) is 5.91 Å². The van der Waals surface area contributed by atoms with Gasteiger partial charge in [-0.1, -0.05) is 29.8 Å². The van der Waals surface area contributed by atoms with Gasteiger partial charge in [0.25, 0.3) is 0 Å². The maximum Gasteiger partial charge on any atom is 0.250 e. The highest BCUT2D eigenvalue weighted by atomic mass is 35.5. The van der Waals surface area contributed by atoms with Crippen molar-refractivity contribution in [3.8, 4) is 10.6 Å². The van der Waals surface area contributed by atoms with Crippen LogP contribution >= 0.6 is 34.3 Å². The van der Waals surface area contributed by atoms with Crippen LogP contribution in [-0.2, 0) is 4.79 Å². The lowest BCUT2D eigenvalue weighted by atomic mass is 10.2. The van der Waals surface area contributed by atoms with Crippen molar-refractivity contribution >= 4 is 51.4 Å². The van der Waals surface area contributed by atoms with E-state index in [0.29, 0.717) is 10.2 Å². The molecule has 0 bridgehead atoms. The van der Waals surface area contributed by atoms with Gasteiger partial charge in [0.1, 0.15) is 0 Å². The summed E-state index contributed by atoms with van der Waals surface area (Å²) in [6.45, 7) is 0. The Hall–Kier alpha value is -1.95. The lowest BCUT2D eigenvalue weighted by Gasteiger charge is -1.96. The second-order valence-electron chi connectivity index (χ2n) is 4.39. The monoisotopic (exact) mass is 346 g/mol. The van der Waals surface area contributed by atoms with Crippen molar-refractivity contribution < 1.29 is 4.79 Å². The van der Waals surface area contributed by atoms with E-state index in [9.17, 15) is 4.79 Å². The van der Waals surface area contributed by atoms with E-state index in [2.05, 4.69) is 10.3 Å². The molecule has 0 unspecified atom stereocenters. The summed E-state index contributed by atoms with van der Waals surface area (Å²) in [5.74, 6) is -0.206. The standard InChI is InChI=1S/C16H11ClN2OS2/c17-12-6-3-11(4-7-12)5-8-15(20)19-16-18-13(10-22-16)14-2-1-9-21-14/h1-10H,(H,18,19,20)/b8-5+. The highest BCUT2D eigenvalue weighted by Gasteiger charge is 2.06. The Morgan fingerprint density at radius 2 is 2.00 bits per heavy atom. The maximum atomic E-state index is 11.9. The molecule has 3 rings (SSSR count). The smallest absolute Gasteiger partial charge is 0.250 e. The largest absolute Gasteiger partial charge is 0.298 e. The molecule has 2 heterocycles. The number of carbonyl (C=O) groups excluding carboxylic acids is 1. The van der Waals surface area contributed by atoms with Crippen molar-refractivity contribution in [2.24, 2.45) is 0 Å².